The standard InChI is InChI=1S/C14H25N5O/c1-11-13(10-16-18(11)3)8-12(9-15)14(20)19-6-4-17(2)5-7-19/h10,12H,4-9,15H2,1-3H3. The molecule has 0 radical (unpaired) electrons. The van der Waals surface area contributed by atoms with Crippen molar-refractivity contribution in [3.05, 3.63) is 17.5 Å². The molecule has 1 fully saturated rings. The number of hydrogen-bond donors (Lipinski definition) is 1. The summed E-state index contributed by atoms with van der Waals surface area (Å²) in [4.78, 5) is 16.7. The van der Waals surface area contributed by atoms with Crippen LogP contribution in [0.4, 0.5) is 0 Å². The Morgan fingerprint density at radius 3 is 2.50 bits per heavy atom. The number of carbonyl (C=O) groups is 1. The van der Waals surface area contributed by atoms with Crippen LogP contribution in [0.2, 0.25) is 0 Å². The quantitative estimate of drug-likeness (QED) is 0.816. The minimum Gasteiger partial charge on any atom is -0.340 e. The summed E-state index contributed by atoms with van der Waals surface area (Å²) in [5, 5.41) is 4.23. The number of aryl methyl sites for hydroxylation is 1. The van der Waals surface area contributed by atoms with Crippen LogP contribution in [0.15, 0.2) is 6.20 Å². The van der Waals surface area contributed by atoms with Crippen LogP contribution < -0.4 is 5.73 Å². The second-order valence-corrected chi connectivity index (χ2v) is 5.64. The lowest BCUT2D eigenvalue weighted by Crippen LogP contribution is -2.50. The van der Waals surface area contributed by atoms with E-state index in [9.17, 15) is 4.79 Å². The monoisotopic (exact) mass is 279 g/mol. The van der Waals surface area contributed by atoms with Crippen LogP contribution in [-0.2, 0) is 18.3 Å². The molecule has 2 N–H and O–H groups in total. The van der Waals surface area contributed by atoms with Crippen molar-refractivity contribution in [2.75, 3.05) is 39.8 Å². The van der Waals surface area contributed by atoms with Crippen molar-refractivity contribution >= 4 is 5.91 Å². The van der Waals surface area contributed by atoms with Gasteiger partial charge in [0, 0.05) is 45.5 Å². The number of hydrogen-bond acceptors (Lipinski definition) is 4. The van der Waals surface area contributed by atoms with Gasteiger partial charge in [-0.1, -0.05) is 0 Å². The van der Waals surface area contributed by atoms with Gasteiger partial charge < -0.3 is 15.5 Å². The van der Waals surface area contributed by atoms with Crippen molar-refractivity contribution in [2.45, 2.75) is 13.3 Å². The maximum absolute atomic E-state index is 12.6. The molecule has 20 heavy (non-hydrogen) atoms. The Kier molecular flexibility index (Phi) is 4.77. The molecule has 1 aromatic heterocycles. The molecule has 0 aromatic carbocycles. The van der Waals surface area contributed by atoms with Gasteiger partial charge in [-0.25, -0.2) is 0 Å². The minimum atomic E-state index is -0.138. The highest BCUT2D eigenvalue weighted by molar-refractivity contribution is 5.79. The van der Waals surface area contributed by atoms with Crippen molar-refractivity contribution in [2.24, 2.45) is 18.7 Å². The molecule has 6 heteroatoms. The molecule has 0 spiro atoms. The van der Waals surface area contributed by atoms with Gasteiger partial charge in [-0.05, 0) is 26.0 Å². The third kappa shape index (κ3) is 3.19. The first-order chi connectivity index (χ1) is 9.52. The van der Waals surface area contributed by atoms with Gasteiger partial charge in [0.1, 0.15) is 0 Å². The first-order valence-electron chi connectivity index (χ1n) is 7.17. The summed E-state index contributed by atoms with van der Waals surface area (Å²) in [5.74, 6) is 0.0464. The van der Waals surface area contributed by atoms with Gasteiger partial charge >= 0.3 is 0 Å². The molecule has 1 atom stereocenters. The van der Waals surface area contributed by atoms with Gasteiger partial charge in [0.25, 0.3) is 0 Å². The van der Waals surface area contributed by atoms with E-state index in [-0.39, 0.29) is 11.8 Å². The van der Waals surface area contributed by atoms with Crippen molar-refractivity contribution in [3.63, 3.8) is 0 Å². The van der Waals surface area contributed by atoms with E-state index in [2.05, 4.69) is 17.0 Å². The number of nitrogens with two attached hydrogens (primary N) is 1. The van der Waals surface area contributed by atoms with Crippen molar-refractivity contribution in [1.29, 1.82) is 0 Å². The number of nitrogens with zero attached hydrogens (tertiary/aromatic N) is 4. The molecular weight excluding hydrogens is 254 g/mol. The van der Waals surface area contributed by atoms with E-state index in [1.165, 1.54) is 0 Å². The molecule has 1 saturated heterocycles. The number of aromatic nitrogens is 2. The van der Waals surface area contributed by atoms with Gasteiger partial charge in [0.2, 0.25) is 5.91 Å². The summed E-state index contributed by atoms with van der Waals surface area (Å²) in [6, 6.07) is 0. The molecule has 2 rings (SSSR count). The van der Waals surface area contributed by atoms with Crippen LogP contribution in [0.3, 0.4) is 0 Å². The number of piperazine rings is 1. The van der Waals surface area contributed by atoms with E-state index >= 15 is 0 Å². The largest absolute Gasteiger partial charge is 0.340 e. The predicted octanol–water partition coefficient (Wildman–Crippen LogP) is -0.380. The lowest BCUT2D eigenvalue weighted by molar-refractivity contribution is -0.136. The Morgan fingerprint density at radius 1 is 1.35 bits per heavy atom. The highest BCUT2D eigenvalue weighted by atomic mass is 16.2. The fourth-order valence-electron chi connectivity index (χ4n) is 2.57. The number of carbonyl (C=O) groups excluding carboxylic acids is 1. The SMILES string of the molecule is Cc1c(CC(CN)C(=O)N2CCN(C)CC2)cnn1C. The Morgan fingerprint density at radius 2 is 2.00 bits per heavy atom. The summed E-state index contributed by atoms with van der Waals surface area (Å²) in [6.07, 6.45) is 2.52. The van der Waals surface area contributed by atoms with Gasteiger partial charge in [-0.15, -0.1) is 0 Å². The summed E-state index contributed by atoms with van der Waals surface area (Å²) in [5.41, 5.74) is 8.05. The first kappa shape index (κ1) is 15.0. The highest BCUT2D eigenvalue weighted by Gasteiger charge is 2.26. The van der Waals surface area contributed by atoms with Crippen molar-refractivity contribution in [3.8, 4) is 0 Å². The minimum absolute atomic E-state index is 0.138. The molecule has 0 bridgehead atoms. The Bertz CT molecular complexity index is 462. The van der Waals surface area contributed by atoms with Crippen LogP contribution >= 0.6 is 0 Å². The molecular formula is C14H25N5O. The topological polar surface area (TPSA) is 67.4 Å². The molecule has 1 amide bonds. The lowest BCUT2D eigenvalue weighted by atomic mass is 9.98. The fraction of sp³-hybridized carbons (Fsp3) is 0.714. The van der Waals surface area contributed by atoms with E-state index in [0.717, 1.165) is 37.4 Å². The molecule has 1 unspecified atom stereocenters. The number of amides is 1. The van der Waals surface area contributed by atoms with Gasteiger partial charge in [0.05, 0.1) is 12.1 Å². The van der Waals surface area contributed by atoms with Crippen LogP contribution in [0.25, 0.3) is 0 Å². The maximum Gasteiger partial charge on any atom is 0.227 e. The van der Waals surface area contributed by atoms with Crippen LogP contribution in [-0.4, -0.2) is 65.3 Å². The van der Waals surface area contributed by atoms with E-state index in [4.69, 9.17) is 5.73 Å². The molecule has 6 nitrogen and oxygen atoms in total. The third-order valence-corrected chi connectivity index (χ3v) is 4.25. The van der Waals surface area contributed by atoms with Crippen molar-refractivity contribution in [1.82, 2.24) is 19.6 Å². The fourth-order valence-corrected chi connectivity index (χ4v) is 2.57. The average molecular weight is 279 g/mol. The van der Waals surface area contributed by atoms with Gasteiger partial charge in [-0.2, -0.15) is 5.10 Å². The van der Waals surface area contributed by atoms with E-state index in [1.54, 1.807) is 0 Å². The van der Waals surface area contributed by atoms with Crippen molar-refractivity contribution < 1.29 is 4.79 Å². The molecule has 1 aliphatic heterocycles. The van der Waals surface area contributed by atoms with Gasteiger partial charge in [0.15, 0.2) is 0 Å². The second-order valence-electron chi connectivity index (χ2n) is 5.64. The Balaban J connectivity index is 2.00. The average Bonchev–Trinajstić information content (AvgIpc) is 2.76. The molecule has 112 valence electrons. The highest BCUT2D eigenvalue weighted by Crippen LogP contribution is 2.15. The van der Waals surface area contributed by atoms with Crippen LogP contribution in [0, 0.1) is 12.8 Å². The lowest BCUT2D eigenvalue weighted by Gasteiger charge is -2.34. The summed E-state index contributed by atoms with van der Waals surface area (Å²) >= 11 is 0. The van der Waals surface area contributed by atoms with Crippen LogP contribution in [0.5, 0.6) is 0 Å². The summed E-state index contributed by atoms with van der Waals surface area (Å²) in [6.45, 7) is 5.90. The zero-order valence-corrected chi connectivity index (χ0v) is 12.7. The zero-order chi connectivity index (χ0) is 14.7. The maximum atomic E-state index is 12.6. The number of likely N-dealkylation sites (N-methyl/N-ethyl adjacent to an activating group) is 1. The molecule has 0 aliphatic carbocycles. The summed E-state index contributed by atoms with van der Waals surface area (Å²) < 4.78 is 1.84. The molecule has 1 aliphatic rings. The molecule has 2 heterocycles. The van der Waals surface area contributed by atoms with E-state index in [1.807, 2.05) is 29.7 Å². The number of rotatable bonds is 4. The van der Waals surface area contributed by atoms with E-state index < -0.39 is 0 Å². The predicted molar refractivity (Wildman–Crippen MR) is 78.3 cm³/mol. The first-order valence-corrected chi connectivity index (χ1v) is 7.17. The Hall–Kier alpha value is -1.40. The normalized spacial score (nSPS) is 18.3. The zero-order valence-electron chi connectivity index (χ0n) is 12.7. The third-order valence-electron chi connectivity index (χ3n) is 4.25. The van der Waals surface area contributed by atoms with E-state index in [0.29, 0.717) is 13.0 Å². The Labute approximate surface area is 120 Å². The summed E-state index contributed by atoms with van der Waals surface area (Å²) in [7, 11) is 4.00. The smallest absolute Gasteiger partial charge is 0.227 e. The van der Waals surface area contributed by atoms with Crippen LogP contribution in [0.1, 0.15) is 11.3 Å². The molecule has 0 saturated carbocycles. The molecule has 1 aromatic rings. The second kappa shape index (κ2) is 6.37. The van der Waals surface area contributed by atoms with Gasteiger partial charge in [-0.3, -0.25) is 9.48 Å².